The molecule has 0 aliphatic carbocycles. The molecule has 0 saturated heterocycles. The van der Waals surface area contributed by atoms with E-state index in [1.807, 2.05) is 12.1 Å². The maximum atomic E-state index is 6.11. The van der Waals surface area contributed by atoms with E-state index in [9.17, 15) is 0 Å². The zero-order valence-electron chi connectivity index (χ0n) is 17.0. The average molecular weight is 427 g/mol. The molecule has 29 heavy (non-hydrogen) atoms. The van der Waals surface area contributed by atoms with Gasteiger partial charge in [-0.1, -0.05) is 30.1 Å². The highest BCUT2D eigenvalue weighted by Crippen LogP contribution is 2.41. The van der Waals surface area contributed by atoms with Crippen LogP contribution >= 0.6 is 23.2 Å². The standard InChI is InChI=1S/C23H24Cl2N4/c1-13-9-21-17(14(2)12-23(3,4)29-21)11-16(13)20-7-8-26-22(28-20)27-15-5-6-18(24)19(25)10-15/h5-11,14,29H,12H2,1-4H3,(H,26,27,28). The molecule has 2 aromatic carbocycles. The van der Waals surface area contributed by atoms with Gasteiger partial charge < -0.3 is 10.6 Å². The number of benzene rings is 2. The van der Waals surface area contributed by atoms with Gasteiger partial charge in [-0.2, -0.15) is 0 Å². The van der Waals surface area contributed by atoms with Crippen LogP contribution in [0.15, 0.2) is 42.6 Å². The van der Waals surface area contributed by atoms with Gasteiger partial charge in [-0.3, -0.25) is 0 Å². The fourth-order valence-electron chi connectivity index (χ4n) is 4.08. The second kappa shape index (κ2) is 7.51. The molecule has 2 N–H and O–H groups in total. The van der Waals surface area contributed by atoms with Crippen molar-refractivity contribution in [2.45, 2.75) is 45.6 Å². The number of anilines is 3. The number of nitrogens with zero attached hydrogens (tertiary/aromatic N) is 2. The Morgan fingerprint density at radius 2 is 1.90 bits per heavy atom. The number of fused-ring (bicyclic) bond motifs is 1. The van der Waals surface area contributed by atoms with Crippen LogP contribution < -0.4 is 10.6 Å². The van der Waals surface area contributed by atoms with Crippen molar-refractivity contribution in [3.05, 3.63) is 63.8 Å². The van der Waals surface area contributed by atoms with Crippen molar-refractivity contribution in [2.24, 2.45) is 0 Å². The maximum Gasteiger partial charge on any atom is 0.227 e. The molecule has 0 radical (unpaired) electrons. The van der Waals surface area contributed by atoms with Gasteiger partial charge in [-0.25, -0.2) is 9.97 Å². The molecule has 1 atom stereocenters. The largest absolute Gasteiger partial charge is 0.380 e. The second-order valence-electron chi connectivity index (χ2n) is 8.39. The van der Waals surface area contributed by atoms with Crippen LogP contribution in [-0.2, 0) is 0 Å². The third-order valence-corrected chi connectivity index (χ3v) is 6.06. The number of aromatic nitrogens is 2. The molecule has 1 aromatic heterocycles. The molecule has 4 nitrogen and oxygen atoms in total. The average Bonchev–Trinajstić information content (AvgIpc) is 2.63. The first-order valence-electron chi connectivity index (χ1n) is 9.70. The minimum Gasteiger partial charge on any atom is -0.380 e. The molecule has 0 spiro atoms. The van der Waals surface area contributed by atoms with Crippen molar-refractivity contribution in [3.63, 3.8) is 0 Å². The van der Waals surface area contributed by atoms with E-state index in [1.165, 1.54) is 16.8 Å². The highest BCUT2D eigenvalue weighted by Gasteiger charge is 2.29. The molecule has 0 saturated carbocycles. The third kappa shape index (κ3) is 4.19. The van der Waals surface area contributed by atoms with Crippen LogP contribution in [0.1, 0.15) is 44.2 Å². The molecule has 3 aromatic rings. The molecule has 1 aliphatic heterocycles. The summed E-state index contributed by atoms with van der Waals surface area (Å²) >= 11 is 12.1. The van der Waals surface area contributed by atoms with Gasteiger partial charge in [-0.15, -0.1) is 0 Å². The molecule has 1 aliphatic rings. The molecule has 0 amide bonds. The van der Waals surface area contributed by atoms with Gasteiger partial charge in [0.15, 0.2) is 0 Å². The Morgan fingerprint density at radius 1 is 1.10 bits per heavy atom. The highest BCUT2D eigenvalue weighted by molar-refractivity contribution is 6.42. The predicted octanol–water partition coefficient (Wildman–Crippen LogP) is 7.20. The predicted molar refractivity (Wildman–Crippen MR) is 123 cm³/mol. The van der Waals surface area contributed by atoms with Crippen LogP contribution in [-0.4, -0.2) is 15.5 Å². The van der Waals surface area contributed by atoms with Gasteiger partial charge in [-0.05, 0) is 80.6 Å². The summed E-state index contributed by atoms with van der Waals surface area (Å²) in [5.41, 5.74) is 6.64. The van der Waals surface area contributed by atoms with Crippen molar-refractivity contribution >= 4 is 40.5 Å². The lowest BCUT2D eigenvalue weighted by atomic mass is 9.80. The van der Waals surface area contributed by atoms with Crippen LogP contribution in [0.4, 0.5) is 17.3 Å². The van der Waals surface area contributed by atoms with Crippen molar-refractivity contribution < 1.29 is 0 Å². The van der Waals surface area contributed by atoms with Gasteiger partial charge >= 0.3 is 0 Å². The number of aryl methyl sites for hydroxylation is 1. The Balaban J connectivity index is 1.68. The summed E-state index contributed by atoms with van der Waals surface area (Å²) in [4.78, 5) is 9.09. The van der Waals surface area contributed by atoms with Gasteiger partial charge in [0.2, 0.25) is 5.95 Å². The van der Waals surface area contributed by atoms with Gasteiger partial charge in [0.1, 0.15) is 0 Å². The van der Waals surface area contributed by atoms with E-state index in [4.69, 9.17) is 28.2 Å². The van der Waals surface area contributed by atoms with E-state index in [0.29, 0.717) is 21.9 Å². The summed E-state index contributed by atoms with van der Waals surface area (Å²) in [5, 5.41) is 7.88. The molecule has 0 bridgehead atoms. The Bertz CT molecular complexity index is 1080. The summed E-state index contributed by atoms with van der Waals surface area (Å²) in [5.74, 6) is 1.00. The number of halogens is 2. The summed E-state index contributed by atoms with van der Waals surface area (Å²) in [6.07, 6.45) is 2.86. The van der Waals surface area contributed by atoms with E-state index in [-0.39, 0.29) is 5.54 Å². The lowest BCUT2D eigenvalue weighted by Gasteiger charge is -2.38. The summed E-state index contributed by atoms with van der Waals surface area (Å²) in [7, 11) is 0. The van der Waals surface area contributed by atoms with Gasteiger partial charge in [0.25, 0.3) is 0 Å². The Labute approximate surface area is 181 Å². The van der Waals surface area contributed by atoms with E-state index < -0.39 is 0 Å². The quantitative estimate of drug-likeness (QED) is 0.464. The molecule has 1 unspecified atom stereocenters. The number of rotatable bonds is 3. The molecular formula is C23H24Cl2N4. The van der Waals surface area contributed by atoms with E-state index >= 15 is 0 Å². The SMILES string of the molecule is Cc1cc2c(cc1-c1ccnc(Nc3ccc(Cl)c(Cl)c3)n1)C(C)CC(C)(C)N2. The monoisotopic (exact) mass is 426 g/mol. The van der Waals surface area contributed by atoms with E-state index in [2.05, 4.69) is 55.4 Å². The summed E-state index contributed by atoms with van der Waals surface area (Å²) in [6.45, 7) is 8.91. The Morgan fingerprint density at radius 3 is 2.66 bits per heavy atom. The number of nitrogens with one attached hydrogen (secondary N) is 2. The van der Waals surface area contributed by atoms with E-state index in [1.54, 1.807) is 18.3 Å². The molecule has 2 heterocycles. The fraction of sp³-hybridized carbons (Fsp3) is 0.304. The van der Waals surface area contributed by atoms with Crippen LogP contribution in [0.25, 0.3) is 11.3 Å². The summed E-state index contributed by atoms with van der Waals surface area (Å²) < 4.78 is 0. The molecular weight excluding hydrogens is 403 g/mol. The lowest BCUT2D eigenvalue weighted by molar-refractivity contribution is 0.454. The van der Waals surface area contributed by atoms with Crippen molar-refractivity contribution in [1.82, 2.24) is 9.97 Å². The highest BCUT2D eigenvalue weighted by atomic mass is 35.5. The van der Waals surface area contributed by atoms with Crippen LogP contribution in [0.5, 0.6) is 0 Å². The van der Waals surface area contributed by atoms with Crippen LogP contribution in [0.3, 0.4) is 0 Å². The first kappa shape index (κ1) is 20.0. The minimum atomic E-state index is 0.103. The van der Waals surface area contributed by atoms with Crippen molar-refractivity contribution in [2.75, 3.05) is 10.6 Å². The topological polar surface area (TPSA) is 49.8 Å². The maximum absolute atomic E-state index is 6.11. The normalized spacial score (nSPS) is 17.4. The van der Waals surface area contributed by atoms with Crippen molar-refractivity contribution in [1.29, 1.82) is 0 Å². The van der Waals surface area contributed by atoms with E-state index in [0.717, 1.165) is 23.4 Å². The first-order valence-corrected chi connectivity index (χ1v) is 10.5. The second-order valence-corrected chi connectivity index (χ2v) is 9.20. The smallest absolute Gasteiger partial charge is 0.227 e. The molecule has 4 rings (SSSR count). The number of hydrogen-bond acceptors (Lipinski definition) is 4. The van der Waals surface area contributed by atoms with Gasteiger partial charge in [0.05, 0.1) is 15.7 Å². The Hall–Kier alpha value is -2.30. The van der Waals surface area contributed by atoms with Gasteiger partial charge in [0, 0.05) is 28.7 Å². The lowest BCUT2D eigenvalue weighted by Crippen LogP contribution is -2.36. The van der Waals surface area contributed by atoms with Crippen LogP contribution in [0.2, 0.25) is 10.0 Å². The molecule has 0 fully saturated rings. The number of hydrogen-bond donors (Lipinski definition) is 2. The molecule has 6 heteroatoms. The molecule has 150 valence electrons. The zero-order valence-corrected chi connectivity index (χ0v) is 18.5. The summed E-state index contributed by atoms with van der Waals surface area (Å²) in [6, 6.07) is 11.8. The fourth-order valence-corrected chi connectivity index (χ4v) is 4.38. The Kier molecular flexibility index (Phi) is 5.18. The minimum absolute atomic E-state index is 0.103. The van der Waals surface area contributed by atoms with Crippen molar-refractivity contribution in [3.8, 4) is 11.3 Å². The first-order chi connectivity index (χ1) is 13.7. The zero-order chi connectivity index (χ0) is 20.8. The third-order valence-electron chi connectivity index (χ3n) is 5.32. The van der Waals surface area contributed by atoms with Crippen LogP contribution in [0, 0.1) is 6.92 Å².